The zero-order chi connectivity index (χ0) is 53.2. The molecule has 1 aliphatic rings. The monoisotopic (exact) mass is 1010 g/mol. The van der Waals surface area contributed by atoms with Crippen molar-refractivity contribution in [3.63, 3.8) is 0 Å². The van der Waals surface area contributed by atoms with Gasteiger partial charge in [-0.1, -0.05) is 128 Å². The third-order valence-electron chi connectivity index (χ3n) is 13.1. The van der Waals surface area contributed by atoms with E-state index < -0.39 is 45.1 Å². The van der Waals surface area contributed by atoms with Crippen LogP contribution in [0.5, 0.6) is 0 Å². The third-order valence-corrected chi connectivity index (χ3v) is 14.1. The van der Waals surface area contributed by atoms with Crippen molar-refractivity contribution >= 4 is 7.82 Å². The van der Waals surface area contributed by atoms with Crippen LogP contribution in [0.1, 0.15) is 212 Å². The van der Waals surface area contributed by atoms with Crippen molar-refractivity contribution in [3.8, 4) is 0 Å². The van der Waals surface area contributed by atoms with Crippen molar-refractivity contribution in [1.82, 2.24) is 0 Å². The van der Waals surface area contributed by atoms with Crippen molar-refractivity contribution < 1.29 is 43.7 Å². The van der Waals surface area contributed by atoms with E-state index in [2.05, 4.69) is 137 Å². The Morgan fingerprint density at radius 3 is 0.915 bits per heavy atom. The Kier molecular flexibility index (Phi) is 35.9. The molecular weight excluding hydrogens is 908 g/mol. The van der Waals surface area contributed by atoms with E-state index in [0.29, 0.717) is 0 Å². The highest BCUT2D eigenvalue weighted by Gasteiger charge is 2.46. The van der Waals surface area contributed by atoms with Gasteiger partial charge in [0.1, 0.15) is 24.4 Å². The van der Waals surface area contributed by atoms with Gasteiger partial charge in [-0.05, 0) is 212 Å². The molecule has 0 aromatic carbocycles. The molecule has 9 nitrogen and oxygen atoms in total. The fraction of sp³-hybridized carbons (Fsp3) is 0.639. The summed E-state index contributed by atoms with van der Waals surface area (Å²) in [5.41, 5.74) is 15.6. The lowest BCUT2D eigenvalue weighted by Crippen LogP contribution is -2.58. The largest absolute Gasteiger partial charge is 0.474 e. The number of aliphatic hydroxyl groups excluding tert-OH is 4. The molecule has 1 fully saturated rings. The van der Waals surface area contributed by atoms with E-state index in [-0.39, 0.29) is 6.61 Å². The van der Waals surface area contributed by atoms with E-state index in [1.807, 2.05) is 6.92 Å². The zero-order valence-electron chi connectivity index (χ0n) is 46.6. The topological polar surface area (TPSA) is 146 Å². The zero-order valence-corrected chi connectivity index (χ0v) is 47.5. The minimum atomic E-state index is -4.67. The van der Waals surface area contributed by atoms with Crippen LogP contribution in [-0.2, 0) is 18.3 Å². The summed E-state index contributed by atoms with van der Waals surface area (Å²) in [5, 5.41) is 39.1. The average Bonchev–Trinajstić information content (AvgIpc) is 3.29. The van der Waals surface area contributed by atoms with E-state index in [1.54, 1.807) is 6.08 Å². The molecule has 1 heterocycles. The molecule has 1 saturated heterocycles. The van der Waals surface area contributed by atoms with E-state index in [0.717, 1.165) is 121 Å². The summed E-state index contributed by atoms with van der Waals surface area (Å²) in [6, 6.07) is 0. The molecule has 6 atom stereocenters. The maximum Gasteiger partial charge on any atom is 0.474 e. The third kappa shape index (κ3) is 34.2. The Labute approximate surface area is 433 Å². The molecular formula is C61H101O9P. The predicted molar refractivity (Wildman–Crippen MR) is 300 cm³/mol. The first-order valence-electron chi connectivity index (χ1n) is 26.8. The molecule has 0 bridgehead atoms. The van der Waals surface area contributed by atoms with Gasteiger partial charge in [0.15, 0.2) is 6.29 Å². The molecule has 0 spiro atoms. The molecule has 10 heteroatoms. The number of aliphatic hydroxyl groups is 4. The molecule has 0 amide bonds. The summed E-state index contributed by atoms with van der Waals surface area (Å²) in [6.45, 7) is 25.7. The van der Waals surface area contributed by atoms with Crippen molar-refractivity contribution in [3.05, 3.63) is 128 Å². The first kappa shape index (κ1) is 66.1. The van der Waals surface area contributed by atoms with Crippen molar-refractivity contribution in [2.45, 2.75) is 242 Å². The van der Waals surface area contributed by atoms with Gasteiger partial charge in [0.25, 0.3) is 0 Å². The number of phosphoric ester groups is 1. The molecule has 0 aromatic heterocycles. The molecule has 0 saturated carbocycles. The predicted octanol–water partition coefficient (Wildman–Crippen LogP) is 16.2. The SMILES string of the molecule is CC(C)=CCC/C(C)=C/CC/C(C)=C/CC/C(C)=C\CC/C(C)=C\CC/C(C)=C\CC/C(C)=C\CC/C(C)=C\CC/C(C)=C\CC/C(C)=C\CC/C(C)=C\COP(=O)(O)OC1O[C@H](CO)[C@@H](O)[C@H](O)[C@@H]1O. The maximum absolute atomic E-state index is 12.4. The smallest absolute Gasteiger partial charge is 0.394 e. The van der Waals surface area contributed by atoms with Crippen molar-refractivity contribution in [1.29, 1.82) is 0 Å². The van der Waals surface area contributed by atoms with Gasteiger partial charge in [0.2, 0.25) is 0 Å². The van der Waals surface area contributed by atoms with Crippen LogP contribution in [0.15, 0.2) is 128 Å². The molecule has 2 unspecified atom stereocenters. The van der Waals surface area contributed by atoms with Crippen LogP contribution < -0.4 is 0 Å². The van der Waals surface area contributed by atoms with Gasteiger partial charge in [-0.15, -0.1) is 0 Å². The summed E-state index contributed by atoms with van der Waals surface area (Å²) in [6.07, 6.45) is 39.1. The number of ether oxygens (including phenoxy) is 1. The Bertz CT molecular complexity index is 1930. The van der Waals surface area contributed by atoms with Crippen molar-refractivity contribution in [2.24, 2.45) is 0 Å². The molecule has 0 aliphatic carbocycles. The fourth-order valence-electron chi connectivity index (χ4n) is 8.12. The normalized spacial score (nSPS) is 21.8. The van der Waals surface area contributed by atoms with Gasteiger partial charge >= 0.3 is 7.82 Å². The minimum absolute atomic E-state index is 0.207. The Morgan fingerprint density at radius 2 is 0.662 bits per heavy atom. The number of hydrogen-bond acceptors (Lipinski definition) is 8. The van der Waals surface area contributed by atoms with Crippen LogP contribution in [0.4, 0.5) is 0 Å². The van der Waals surface area contributed by atoms with Gasteiger partial charge in [0.05, 0.1) is 13.2 Å². The van der Waals surface area contributed by atoms with Crippen molar-refractivity contribution in [2.75, 3.05) is 13.2 Å². The number of allylic oxidation sites excluding steroid dienone is 21. The second-order valence-electron chi connectivity index (χ2n) is 20.7. The van der Waals surface area contributed by atoms with E-state index in [9.17, 15) is 29.9 Å². The highest BCUT2D eigenvalue weighted by atomic mass is 31.2. The highest BCUT2D eigenvalue weighted by molar-refractivity contribution is 7.47. The van der Waals surface area contributed by atoms with Gasteiger partial charge in [0, 0.05) is 0 Å². The summed E-state index contributed by atoms with van der Waals surface area (Å²) < 4.78 is 27.4. The van der Waals surface area contributed by atoms with Gasteiger partial charge in [-0.25, -0.2) is 4.57 Å². The van der Waals surface area contributed by atoms with E-state index in [1.165, 1.54) is 68.6 Å². The van der Waals surface area contributed by atoms with Crippen LogP contribution in [0, 0.1) is 0 Å². The molecule has 0 radical (unpaired) electrons. The molecule has 0 aromatic rings. The van der Waals surface area contributed by atoms with Crippen LogP contribution >= 0.6 is 7.82 Å². The van der Waals surface area contributed by atoms with Gasteiger partial charge in [-0.3, -0.25) is 9.05 Å². The van der Waals surface area contributed by atoms with Crippen LogP contribution in [0.25, 0.3) is 0 Å². The molecule has 1 rings (SSSR count). The summed E-state index contributed by atoms with van der Waals surface area (Å²) in [7, 11) is -4.67. The lowest BCUT2D eigenvalue weighted by atomic mass is 10.00. The fourth-order valence-corrected chi connectivity index (χ4v) is 8.88. The number of rotatable bonds is 36. The Balaban J connectivity index is 2.26. The number of phosphoric acid groups is 1. The lowest BCUT2D eigenvalue weighted by molar-refractivity contribution is -0.281. The summed E-state index contributed by atoms with van der Waals surface area (Å²) >= 11 is 0. The summed E-state index contributed by atoms with van der Waals surface area (Å²) in [5.74, 6) is 0. The van der Waals surface area contributed by atoms with Gasteiger partial charge in [-0.2, -0.15) is 0 Å². The maximum atomic E-state index is 12.4. The minimum Gasteiger partial charge on any atom is -0.394 e. The standard InChI is InChI=1S/C61H101O9P/c1-46(2)23-13-24-47(3)25-14-26-48(4)27-15-28-49(5)29-16-30-50(6)31-17-32-51(7)33-18-34-52(8)35-19-36-53(9)37-20-38-54(10)39-21-40-55(11)41-22-42-56(12)43-44-68-71(66,67)70-61-60(65)59(64)58(63)57(45-62)69-61/h23,25,27,29,31,33,35,37,39,41,43,57-65H,13-22,24,26,28,30,32,34,36,38,40,42,44-45H2,1-12H3,(H,66,67)/b47-25+,48-27+,49-29-,50-31-,51-33-,52-35-,53-37-,54-39-,55-41-,56-43-/t57-,58-,59+,60+,61?/m1/s1. The first-order chi connectivity index (χ1) is 33.6. The Hall–Kier alpha value is -2.95. The first-order valence-corrected chi connectivity index (χ1v) is 28.3. The second kappa shape index (κ2) is 38.6. The van der Waals surface area contributed by atoms with Crippen LogP contribution in [0.2, 0.25) is 0 Å². The molecule has 1 aliphatic heterocycles. The molecule has 404 valence electrons. The van der Waals surface area contributed by atoms with Crippen LogP contribution in [0.3, 0.4) is 0 Å². The number of hydrogen-bond donors (Lipinski definition) is 5. The second-order valence-corrected chi connectivity index (χ2v) is 22.1. The van der Waals surface area contributed by atoms with Gasteiger partial charge < -0.3 is 30.1 Å². The van der Waals surface area contributed by atoms with E-state index >= 15 is 0 Å². The van der Waals surface area contributed by atoms with E-state index in [4.69, 9.17) is 13.8 Å². The Morgan fingerprint density at radius 1 is 0.408 bits per heavy atom. The molecule has 5 N–H and O–H groups in total. The van der Waals surface area contributed by atoms with Crippen LogP contribution in [-0.4, -0.2) is 69.2 Å². The summed E-state index contributed by atoms with van der Waals surface area (Å²) in [4.78, 5) is 10.1. The molecule has 71 heavy (non-hydrogen) atoms. The average molecular weight is 1010 g/mol. The highest BCUT2D eigenvalue weighted by Crippen LogP contribution is 2.46. The quantitative estimate of drug-likeness (QED) is 0.0306. The lowest BCUT2D eigenvalue weighted by Gasteiger charge is -2.39.